The van der Waals surface area contributed by atoms with E-state index in [0.29, 0.717) is 18.0 Å². The molecule has 172 valence electrons. The van der Waals surface area contributed by atoms with E-state index in [-0.39, 0.29) is 11.3 Å². The van der Waals surface area contributed by atoms with E-state index in [1.165, 1.54) is 30.9 Å². The van der Waals surface area contributed by atoms with E-state index in [1.54, 1.807) is 27.5 Å². The first-order valence-corrected chi connectivity index (χ1v) is 11.1. The number of nitrogens with zero attached hydrogens (tertiary/aromatic N) is 6. The number of amides is 1. The van der Waals surface area contributed by atoms with Gasteiger partial charge in [-0.3, -0.25) is 14.8 Å². The van der Waals surface area contributed by atoms with E-state index in [0.717, 1.165) is 16.9 Å². The van der Waals surface area contributed by atoms with Crippen molar-refractivity contribution in [2.24, 2.45) is 0 Å². The van der Waals surface area contributed by atoms with E-state index in [4.69, 9.17) is 0 Å². The van der Waals surface area contributed by atoms with Gasteiger partial charge in [-0.2, -0.15) is 5.10 Å². The largest absolute Gasteiger partial charge is 0.344 e. The highest BCUT2D eigenvalue weighted by Crippen LogP contribution is 2.39. The first-order chi connectivity index (χ1) is 16.4. The highest BCUT2D eigenvalue weighted by atomic mass is 16.5. The van der Waals surface area contributed by atoms with E-state index in [9.17, 15) is 15.0 Å². The van der Waals surface area contributed by atoms with Crippen molar-refractivity contribution in [1.82, 2.24) is 33.9 Å². The molecule has 0 bridgehead atoms. The van der Waals surface area contributed by atoms with Gasteiger partial charge in [-0.25, -0.2) is 9.97 Å². The number of carbonyl (C=O) groups is 1. The van der Waals surface area contributed by atoms with Crippen LogP contribution >= 0.6 is 0 Å². The van der Waals surface area contributed by atoms with Gasteiger partial charge in [-0.15, -0.1) is 0 Å². The quantitative estimate of drug-likeness (QED) is 0.335. The van der Waals surface area contributed by atoms with Crippen molar-refractivity contribution in [3.8, 4) is 0 Å². The maximum atomic E-state index is 12.7. The minimum absolute atomic E-state index is 0.0628. The van der Waals surface area contributed by atoms with Crippen LogP contribution in [0.15, 0.2) is 61.6 Å². The van der Waals surface area contributed by atoms with Crippen LogP contribution in [-0.4, -0.2) is 44.7 Å². The molecule has 1 fully saturated rings. The first kappa shape index (κ1) is 20.6. The fourth-order valence-corrected chi connectivity index (χ4v) is 4.18. The van der Waals surface area contributed by atoms with E-state index < -0.39 is 11.8 Å². The normalized spacial score (nSPS) is 14.2. The molecule has 5 aromatic rings. The Balaban J connectivity index is 1.18. The summed E-state index contributed by atoms with van der Waals surface area (Å²) >= 11 is 0. The van der Waals surface area contributed by atoms with E-state index in [2.05, 4.69) is 32.6 Å². The van der Waals surface area contributed by atoms with Crippen molar-refractivity contribution in [3.63, 3.8) is 0 Å². The Bertz CT molecular complexity index is 1540. The number of imidazole rings is 2. The van der Waals surface area contributed by atoms with Gasteiger partial charge in [0.15, 0.2) is 0 Å². The van der Waals surface area contributed by atoms with Crippen molar-refractivity contribution in [2.45, 2.75) is 38.1 Å². The molecule has 1 saturated carbocycles. The van der Waals surface area contributed by atoms with Gasteiger partial charge in [0.05, 0.1) is 35.8 Å². The fourth-order valence-electron chi connectivity index (χ4n) is 4.18. The molecule has 0 radical (unpaired) electrons. The van der Waals surface area contributed by atoms with Crippen LogP contribution in [0, 0.1) is 6.92 Å². The molecule has 10 heteroatoms. The standard InChI is InChI=1S/C24H23N7O3/c1-15-6-7-29-14-25-22(20(29)8-15)24(33,34)28-23(32)18-9-26-31(11-18)13-19-12-30-10-17(16-2-3-16)4-5-21(30)27-19/h4-12,14,16,33-34H,2-3,13H2,1H3,(H,28,32). The SMILES string of the molecule is Cc1ccn2cnc(C(O)(O)NC(=O)c3cnn(Cc4cn5cc(C6CC6)ccc5n4)c3)c2c1. The molecule has 3 N–H and O–H groups in total. The zero-order valence-corrected chi connectivity index (χ0v) is 18.5. The lowest BCUT2D eigenvalue weighted by atomic mass is 10.2. The topological polar surface area (TPSA) is 122 Å². The molecule has 34 heavy (non-hydrogen) atoms. The third-order valence-electron chi connectivity index (χ3n) is 6.10. The van der Waals surface area contributed by atoms with Crippen LogP contribution in [0.4, 0.5) is 0 Å². The zero-order chi connectivity index (χ0) is 23.4. The molecular formula is C24H23N7O3. The number of carbonyl (C=O) groups excluding carboxylic acids is 1. The summed E-state index contributed by atoms with van der Waals surface area (Å²) in [5.74, 6) is -2.67. The molecule has 1 aliphatic rings. The van der Waals surface area contributed by atoms with Crippen molar-refractivity contribution in [2.75, 3.05) is 0 Å². The summed E-state index contributed by atoms with van der Waals surface area (Å²) in [7, 11) is 0. The third-order valence-corrected chi connectivity index (χ3v) is 6.10. The van der Waals surface area contributed by atoms with Gasteiger partial charge < -0.3 is 19.0 Å². The summed E-state index contributed by atoms with van der Waals surface area (Å²) < 4.78 is 5.25. The number of pyridine rings is 2. The molecule has 0 aliphatic heterocycles. The van der Waals surface area contributed by atoms with Crippen molar-refractivity contribution >= 4 is 17.1 Å². The van der Waals surface area contributed by atoms with Crippen LogP contribution in [0.25, 0.3) is 11.2 Å². The second kappa shape index (κ2) is 7.51. The number of nitrogens with one attached hydrogen (secondary N) is 1. The van der Waals surface area contributed by atoms with E-state index >= 15 is 0 Å². The molecule has 0 aromatic carbocycles. The van der Waals surface area contributed by atoms with Crippen LogP contribution < -0.4 is 5.32 Å². The Morgan fingerprint density at radius 2 is 2.03 bits per heavy atom. The average Bonchev–Trinajstić information content (AvgIpc) is 3.20. The summed E-state index contributed by atoms with van der Waals surface area (Å²) in [6.45, 7) is 2.26. The molecular weight excluding hydrogens is 434 g/mol. The Morgan fingerprint density at radius 1 is 1.18 bits per heavy atom. The number of fused-ring (bicyclic) bond motifs is 2. The van der Waals surface area contributed by atoms with Crippen molar-refractivity contribution in [3.05, 3.63) is 89.7 Å². The Labute approximate surface area is 194 Å². The number of aryl methyl sites for hydroxylation is 1. The van der Waals surface area contributed by atoms with Crippen LogP contribution in [0.2, 0.25) is 0 Å². The van der Waals surface area contributed by atoms with Crippen LogP contribution in [0.3, 0.4) is 0 Å². The molecule has 1 amide bonds. The summed E-state index contributed by atoms with van der Waals surface area (Å²) in [6, 6.07) is 7.77. The summed E-state index contributed by atoms with van der Waals surface area (Å²) in [5.41, 5.74) is 4.52. The van der Waals surface area contributed by atoms with Gasteiger partial charge in [0, 0.05) is 24.8 Å². The summed E-state index contributed by atoms with van der Waals surface area (Å²) in [5, 5.41) is 27.7. The maximum absolute atomic E-state index is 12.7. The van der Waals surface area contributed by atoms with Gasteiger partial charge in [0.25, 0.3) is 11.8 Å². The van der Waals surface area contributed by atoms with Gasteiger partial charge in [-0.05, 0) is 55.0 Å². The Kier molecular flexibility index (Phi) is 4.54. The van der Waals surface area contributed by atoms with Gasteiger partial charge in [0.1, 0.15) is 11.3 Å². The van der Waals surface area contributed by atoms with Crippen LogP contribution in [0.1, 0.15) is 51.6 Å². The number of rotatable bonds is 6. The minimum Gasteiger partial charge on any atom is -0.344 e. The van der Waals surface area contributed by atoms with Gasteiger partial charge >= 0.3 is 0 Å². The van der Waals surface area contributed by atoms with Crippen LogP contribution in [-0.2, 0) is 12.5 Å². The maximum Gasteiger partial charge on any atom is 0.295 e. The van der Waals surface area contributed by atoms with Crippen LogP contribution in [0.5, 0.6) is 0 Å². The number of hydrogen-bond donors (Lipinski definition) is 3. The fraction of sp³-hybridized carbons (Fsp3) is 0.250. The molecule has 0 spiro atoms. The lowest BCUT2D eigenvalue weighted by Gasteiger charge is -2.21. The van der Waals surface area contributed by atoms with Gasteiger partial charge in [0.2, 0.25) is 0 Å². The predicted octanol–water partition coefficient (Wildman–Crippen LogP) is 1.94. The highest BCUT2D eigenvalue weighted by molar-refractivity contribution is 5.94. The molecule has 1 aliphatic carbocycles. The number of aliphatic hydroxyl groups is 2. The second-order valence-electron chi connectivity index (χ2n) is 8.88. The monoisotopic (exact) mass is 457 g/mol. The lowest BCUT2D eigenvalue weighted by molar-refractivity contribution is -0.186. The van der Waals surface area contributed by atoms with Crippen molar-refractivity contribution in [1.29, 1.82) is 0 Å². The molecule has 0 unspecified atom stereocenters. The highest BCUT2D eigenvalue weighted by Gasteiger charge is 2.33. The molecule has 5 heterocycles. The summed E-state index contributed by atoms with van der Waals surface area (Å²) in [4.78, 5) is 21.4. The molecule has 6 rings (SSSR count). The average molecular weight is 457 g/mol. The number of aromatic nitrogens is 6. The van der Waals surface area contributed by atoms with E-state index in [1.807, 2.05) is 29.7 Å². The minimum atomic E-state index is -2.65. The Morgan fingerprint density at radius 3 is 2.85 bits per heavy atom. The molecule has 5 aromatic heterocycles. The third kappa shape index (κ3) is 3.72. The predicted molar refractivity (Wildman–Crippen MR) is 122 cm³/mol. The molecule has 0 saturated heterocycles. The first-order valence-electron chi connectivity index (χ1n) is 11.1. The zero-order valence-electron chi connectivity index (χ0n) is 18.5. The molecule has 0 atom stereocenters. The smallest absolute Gasteiger partial charge is 0.295 e. The summed E-state index contributed by atoms with van der Waals surface area (Å²) in [6.07, 6.45) is 12.7. The second-order valence-corrected chi connectivity index (χ2v) is 8.88. The molecule has 10 nitrogen and oxygen atoms in total. The van der Waals surface area contributed by atoms with Gasteiger partial charge in [-0.1, -0.05) is 6.07 Å². The lowest BCUT2D eigenvalue weighted by Crippen LogP contribution is -2.46. The van der Waals surface area contributed by atoms with Crippen molar-refractivity contribution < 1.29 is 15.0 Å². The number of hydrogen-bond acceptors (Lipinski definition) is 6. The Hall–Kier alpha value is -4.02.